The van der Waals surface area contributed by atoms with Crippen LogP contribution in [-0.4, -0.2) is 7.11 Å². The van der Waals surface area contributed by atoms with Gasteiger partial charge in [-0.05, 0) is 45.1 Å². The molecule has 0 saturated heterocycles. The SMILES string of the molecule is COc1ccc(CSc2sccc2Br)cc1. The first-order valence-corrected chi connectivity index (χ1v) is 7.44. The van der Waals surface area contributed by atoms with Crippen molar-refractivity contribution in [2.75, 3.05) is 7.11 Å². The molecule has 16 heavy (non-hydrogen) atoms. The van der Waals surface area contributed by atoms with Gasteiger partial charge in [0, 0.05) is 10.2 Å². The number of halogens is 1. The Morgan fingerprint density at radius 1 is 1.25 bits per heavy atom. The molecule has 1 aromatic heterocycles. The van der Waals surface area contributed by atoms with E-state index < -0.39 is 0 Å². The van der Waals surface area contributed by atoms with Crippen molar-refractivity contribution in [3.05, 3.63) is 45.7 Å². The van der Waals surface area contributed by atoms with Crippen LogP contribution in [0.2, 0.25) is 0 Å². The molecule has 0 unspecified atom stereocenters. The quantitative estimate of drug-likeness (QED) is 0.749. The first kappa shape index (κ1) is 12.0. The van der Waals surface area contributed by atoms with E-state index in [0.29, 0.717) is 0 Å². The molecule has 1 aromatic carbocycles. The Kier molecular flexibility index (Phi) is 4.32. The number of ether oxygens (including phenoxy) is 1. The summed E-state index contributed by atoms with van der Waals surface area (Å²) in [7, 11) is 1.69. The molecule has 1 nitrogen and oxygen atoms in total. The molecule has 4 heteroatoms. The molecule has 0 atom stereocenters. The van der Waals surface area contributed by atoms with E-state index in [2.05, 4.69) is 39.5 Å². The van der Waals surface area contributed by atoms with Crippen LogP contribution in [-0.2, 0) is 5.75 Å². The molecule has 0 aliphatic heterocycles. The van der Waals surface area contributed by atoms with Crippen molar-refractivity contribution < 1.29 is 4.74 Å². The number of thiophene rings is 1. The first-order chi connectivity index (χ1) is 7.79. The van der Waals surface area contributed by atoms with E-state index in [1.807, 2.05) is 23.9 Å². The van der Waals surface area contributed by atoms with E-state index in [-0.39, 0.29) is 0 Å². The third-order valence-electron chi connectivity index (χ3n) is 2.11. The van der Waals surface area contributed by atoms with Gasteiger partial charge in [0.1, 0.15) is 5.75 Å². The van der Waals surface area contributed by atoms with E-state index >= 15 is 0 Å². The van der Waals surface area contributed by atoms with E-state index in [1.165, 1.54) is 14.2 Å². The summed E-state index contributed by atoms with van der Waals surface area (Å²) in [5.41, 5.74) is 1.31. The van der Waals surface area contributed by atoms with Crippen molar-refractivity contribution in [3.63, 3.8) is 0 Å². The average molecular weight is 315 g/mol. The predicted octanol–water partition coefficient (Wildman–Crippen LogP) is 4.81. The Labute approximate surface area is 112 Å². The zero-order valence-corrected chi connectivity index (χ0v) is 12.0. The molecule has 0 aliphatic carbocycles. The zero-order chi connectivity index (χ0) is 11.4. The molecule has 0 radical (unpaired) electrons. The molecule has 0 bridgehead atoms. The largest absolute Gasteiger partial charge is 0.497 e. The highest BCUT2D eigenvalue weighted by molar-refractivity contribution is 9.10. The highest BCUT2D eigenvalue weighted by Gasteiger charge is 2.02. The molecule has 2 aromatic rings. The second kappa shape index (κ2) is 5.75. The topological polar surface area (TPSA) is 9.23 Å². The summed E-state index contributed by atoms with van der Waals surface area (Å²) >= 11 is 7.15. The molecule has 0 spiro atoms. The molecule has 2 rings (SSSR count). The lowest BCUT2D eigenvalue weighted by Gasteiger charge is -2.02. The van der Waals surface area contributed by atoms with Gasteiger partial charge in [0.2, 0.25) is 0 Å². The van der Waals surface area contributed by atoms with Crippen molar-refractivity contribution in [3.8, 4) is 5.75 Å². The first-order valence-electron chi connectivity index (χ1n) is 4.78. The fourth-order valence-corrected chi connectivity index (χ4v) is 4.00. The highest BCUT2D eigenvalue weighted by atomic mass is 79.9. The van der Waals surface area contributed by atoms with Crippen LogP contribution in [0.5, 0.6) is 5.75 Å². The van der Waals surface area contributed by atoms with Gasteiger partial charge in [0.15, 0.2) is 0 Å². The maximum Gasteiger partial charge on any atom is 0.118 e. The van der Waals surface area contributed by atoms with Gasteiger partial charge in [-0.2, -0.15) is 0 Å². The maximum absolute atomic E-state index is 5.13. The summed E-state index contributed by atoms with van der Waals surface area (Å²) in [5.74, 6) is 1.90. The molecule has 0 fully saturated rings. The highest BCUT2D eigenvalue weighted by Crippen LogP contribution is 2.34. The third kappa shape index (κ3) is 3.03. The minimum Gasteiger partial charge on any atom is -0.497 e. The number of hydrogen-bond acceptors (Lipinski definition) is 3. The van der Waals surface area contributed by atoms with Gasteiger partial charge >= 0.3 is 0 Å². The van der Waals surface area contributed by atoms with Gasteiger partial charge in [0.25, 0.3) is 0 Å². The Balaban J connectivity index is 1.97. The lowest BCUT2D eigenvalue weighted by Crippen LogP contribution is -1.83. The van der Waals surface area contributed by atoms with Crippen LogP contribution in [0, 0.1) is 0 Å². The molecule has 0 saturated carbocycles. The molecule has 0 N–H and O–H groups in total. The zero-order valence-electron chi connectivity index (χ0n) is 8.77. The van der Waals surface area contributed by atoms with Crippen LogP contribution in [0.25, 0.3) is 0 Å². The standard InChI is InChI=1S/C12H11BrOS2/c1-14-10-4-2-9(3-5-10)8-16-12-11(13)6-7-15-12/h2-7H,8H2,1H3. The maximum atomic E-state index is 5.13. The van der Waals surface area contributed by atoms with Crippen molar-refractivity contribution in [2.24, 2.45) is 0 Å². The molecular formula is C12H11BrOS2. The van der Waals surface area contributed by atoms with Gasteiger partial charge in [-0.15, -0.1) is 23.1 Å². The number of benzene rings is 1. The predicted molar refractivity (Wildman–Crippen MR) is 74.6 cm³/mol. The Morgan fingerprint density at radius 2 is 2.00 bits per heavy atom. The summed E-state index contributed by atoms with van der Waals surface area (Å²) < 4.78 is 7.65. The number of rotatable bonds is 4. The van der Waals surface area contributed by atoms with Crippen LogP contribution >= 0.6 is 39.0 Å². The van der Waals surface area contributed by atoms with Crippen LogP contribution in [0.4, 0.5) is 0 Å². The lowest BCUT2D eigenvalue weighted by molar-refractivity contribution is 0.414. The van der Waals surface area contributed by atoms with E-state index in [1.54, 1.807) is 18.4 Å². The minimum absolute atomic E-state index is 0.908. The molecule has 0 aliphatic rings. The van der Waals surface area contributed by atoms with Crippen LogP contribution in [0.15, 0.2) is 44.4 Å². The minimum atomic E-state index is 0.908. The number of methoxy groups -OCH3 is 1. The molecule has 1 heterocycles. The summed E-state index contributed by atoms with van der Waals surface area (Å²) in [6.07, 6.45) is 0. The summed E-state index contributed by atoms with van der Waals surface area (Å²) in [5, 5.41) is 2.10. The number of hydrogen-bond donors (Lipinski definition) is 0. The molecule has 84 valence electrons. The van der Waals surface area contributed by atoms with E-state index in [0.717, 1.165) is 11.5 Å². The van der Waals surface area contributed by atoms with Gasteiger partial charge in [-0.1, -0.05) is 12.1 Å². The molecule has 0 amide bonds. The fraction of sp³-hybridized carbons (Fsp3) is 0.167. The van der Waals surface area contributed by atoms with Crippen molar-refractivity contribution in [2.45, 2.75) is 9.96 Å². The average Bonchev–Trinajstić information content (AvgIpc) is 2.73. The van der Waals surface area contributed by atoms with Gasteiger partial charge in [0.05, 0.1) is 11.3 Å². The summed E-state index contributed by atoms with van der Waals surface area (Å²) in [4.78, 5) is 0. The fourth-order valence-electron chi connectivity index (χ4n) is 1.25. The Hall–Kier alpha value is -0.450. The summed E-state index contributed by atoms with van der Waals surface area (Å²) in [6.45, 7) is 0. The smallest absolute Gasteiger partial charge is 0.118 e. The lowest BCUT2D eigenvalue weighted by atomic mass is 10.2. The van der Waals surface area contributed by atoms with Gasteiger partial charge in [-0.3, -0.25) is 0 Å². The Morgan fingerprint density at radius 3 is 2.56 bits per heavy atom. The monoisotopic (exact) mass is 314 g/mol. The third-order valence-corrected chi connectivity index (χ3v) is 5.61. The van der Waals surface area contributed by atoms with Crippen LogP contribution in [0.3, 0.4) is 0 Å². The summed E-state index contributed by atoms with van der Waals surface area (Å²) in [6, 6.07) is 10.3. The van der Waals surface area contributed by atoms with Crippen molar-refractivity contribution in [1.29, 1.82) is 0 Å². The van der Waals surface area contributed by atoms with Crippen LogP contribution < -0.4 is 4.74 Å². The normalized spacial score (nSPS) is 10.4. The van der Waals surface area contributed by atoms with Crippen molar-refractivity contribution in [1.82, 2.24) is 0 Å². The van der Waals surface area contributed by atoms with E-state index in [4.69, 9.17) is 4.74 Å². The number of thioether (sulfide) groups is 1. The van der Waals surface area contributed by atoms with Gasteiger partial charge < -0.3 is 4.74 Å². The van der Waals surface area contributed by atoms with E-state index in [9.17, 15) is 0 Å². The second-order valence-electron chi connectivity index (χ2n) is 3.19. The van der Waals surface area contributed by atoms with Crippen LogP contribution in [0.1, 0.15) is 5.56 Å². The van der Waals surface area contributed by atoms with Crippen molar-refractivity contribution >= 4 is 39.0 Å². The molecular weight excluding hydrogens is 304 g/mol. The van der Waals surface area contributed by atoms with Gasteiger partial charge in [-0.25, -0.2) is 0 Å². The second-order valence-corrected chi connectivity index (χ2v) is 6.21. The Bertz CT molecular complexity index is 450.